The second-order valence-corrected chi connectivity index (χ2v) is 6.41. The Kier molecular flexibility index (Phi) is 11.0. The summed E-state index contributed by atoms with van der Waals surface area (Å²) in [5, 5.41) is 9.00. The summed E-state index contributed by atoms with van der Waals surface area (Å²) in [7, 11) is 1.67. The Labute approximate surface area is 183 Å². The SMILES string of the molecule is CN=C(NCCCc1ccc(Br)cc1F)NCCNC(=O)c1ccco1.I. The molecule has 0 atom stereocenters. The number of furan rings is 1. The molecule has 0 radical (unpaired) electrons. The van der Waals surface area contributed by atoms with Crippen molar-refractivity contribution in [3.63, 3.8) is 0 Å². The van der Waals surface area contributed by atoms with E-state index < -0.39 is 0 Å². The van der Waals surface area contributed by atoms with Crippen molar-refractivity contribution < 1.29 is 13.6 Å². The zero-order valence-electron chi connectivity index (χ0n) is 14.9. The van der Waals surface area contributed by atoms with Crippen LogP contribution < -0.4 is 16.0 Å². The van der Waals surface area contributed by atoms with Gasteiger partial charge in [-0.15, -0.1) is 24.0 Å². The Morgan fingerprint density at radius 1 is 1.19 bits per heavy atom. The van der Waals surface area contributed by atoms with Gasteiger partial charge in [0.1, 0.15) is 5.82 Å². The second-order valence-electron chi connectivity index (χ2n) is 5.50. The lowest BCUT2D eigenvalue weighted by Crippen LogP contribution is -2.41. The van der Waals surface area contributed by atoms with Gasteiger partial charge in [0.15, 0.2) is 11.7 Å². The van der Waals surface area contributed by atoms with E-state index in [9.17, 15) is 9.18 Å². The quantitative estimate of drug-likeness (QED) is 0.203. The van der Waals surface area contributed by atoms with E-state index in [1.54, 1.807) is 25.2 Å². The predicted octanol–water partition coefficient (Wildman–Crippen LogP) is 3.33. The second kappa shape index (κ2) is 12.7. The molecule has 0 bridgehead atoms. The standard InChI is InChI=1S/C18H22BrFN4O2.HI/c1-21-18(24-10-9-22-17(25)16-5-3-11-26-16)23-8-2-4-13-6-7-14(19)12-15(13)20;/h3,5-7,11-12H,2,4,8-10H2,1H3,(H,22,25)(H2,21,23,24);1H. The molecule has 6 nitrogen and oxygen atoms in total. The molecular weight excluding hydrogens is 530 g/mol. The van der Waals surface area contributed by atoms with Gasteiger partial charge in [0, 0.05) is 31.2 Å². The molecule has 0 spiro atoms. The average molecular weight is 553 g/mol. The van der Waals surface area contributed by atoms with Crippen LogP contribution in [-0.4, -0.2) is 38.5 Å². The van der Waals surface area contributed by atoms with Crippen molar-refractivity contribution >= 4 is 51.8 Å². The maximum Gasteiger partial charge on any atom is 0.287 e. The Balaban J connectivity index is 0.00000364. The van der Waals surface area contributed by atoms with E-state index in [2.05, 4.69) is 36.9 Å². The number of aryl methyl sites for hydroxylation is 1. The minimum atomic E-state index is -0.253. The van der Waals surface area contributed by atoms with Gasteiger partial charge in [-0.1, -0.05) is 22.0 Å². The van der Waals surface area contributed by atoms with Gasteiger partial charge in [0.05, 0.1) is 6.26 Å². The van der Waals surface area contributed by atoms with Gasteiger partial charge in [0.25, 0.3) is 5.91 Å². The van der Waals surface area contributed by atoms with Crippen LogP contribution in [0.25, 0.3) is 0 Å². The molecule has 148 valence electrons. The highest BCUT2D eigenvalue weighted by molar-refractivity contribution is 14.0. The molecule has 2 aromatic rings. The van der Waals surface area contributed by atoms with E-state index >= 15 is 0 Å². The van der Waals surface area contributed by atoms with E-state index in [0.29, 0.717) is 37.6 Å². The molecular formula is C18H23BrFIN4O2. The van der Waals surface area contributed by atoms with Crippen LogP contribution in [0.15, 0.2) is 50.5 Å². The van der Waals surface area contributed by atoms with Gasteiger partial charge in [0.2, 0.25) is 0 Å². The number of carbonyl (C=O) groups excluding carboxylic acids is 1. The molecule has 2 rings (SSSR count). The highest BCUT2D eigenvalue weighted by atomic mass is 127. The van der Waals surface area contributed by atoms with Gasteiger partial charge >= 0.3 is 0 Å². The van der Waals surface area contributed by atoms with Crippen molar-refractivity contribution in [2.24, 2.45) is 4.99 Å². The first-order valence-electron chi connectivity index (χ1n) is 8.30. The van der Waals surface area contributed by atoms with E-state index in [-0.39, 0.29) is 41.5 Å². The van der Waals surface area contributed by atoms with Gasteiger partial charge < -0.3 is 20.4 Å². The van der Waals surface area contributed by atoms with Crippen molar-refractivity contribution in [3.8, 4) is 0 Å². The zero-order valence-corrected chi connectivity index (χ0v) is 18.8. The first-order valence-corrected chi connectivity index (χ1v) is 9.09. The molecule has 1 aromatic heterocycles. The summed E-state index contributed by atoms with van der Waals surface area (Å²) in [6.45, 7) is 1.62. The lowest BCUT2D eigenvalue weighted by Gasteiger charge is -2.12. The van der Waals surface area contributed by atoms with Crippen molar-refractivity contribution in [1.29, 1.82) is 0 Å². The minimum absolute atomic E-state index is 0. The normalized spacial score (nSPS) is 10.9. The molecule has 0 aliphatic carbocycles. The molecule has 9 heteroatoms. The van der Waals surface area contributed by atoms with Crippen LogP contribution in [0.5, 0.6) is 0 Å². The number of amides is 1. The van der Waals surface area contributed by atoms with E-state index in [1.807, 2.05) is 6.07 Å². The highest BCUT2D eigenvalue weighted by Crippen LogP contribution is 2.16. The molecule has 0 saturated heterocycles. The van der Waals surface area contributed by atoms with Gasteiger partial charge in [-0.3, -0.25) is 9.79 Å². The fraction of sp³-hybridized carbons (Fsp3) is 0.333. The van der Waals surface area contributed by atoms with E-state index in [1.165, 1.54) is 12.3 Å². The Hall–Kier alpha value is -1.62. The van der Waals surface area contributed by atoms with Crippen LogP contribution >= 0.6 is 39.9 Å². The first kappa shape index (κ1) is 23.4. The molecule has 1 amide bonds. The number of rotatable bonds is 8. The third-order valence-corrected chi connectivity index (χ3v) is 4.10. The van der Waals surface area contributed by atoms with Crippen LogP contribution in [0.2, 0.25) is 0 Å². The molecule has 0 unspecified atom stereocenters. The number of nitrogens with zero attached hydrogens (tertiary/aromatic N) is 1. The Morgan fingerprint density at radius 2 is 1.93 bits per heavy atom. The number of benzene rings is 1. The largest absolute Gasteiger partial charge is 0.459 e. The molecule has 1 aromatic carbocycles. The maximum absolute atomic E-state index is 13.7. The molecule has 0 aliphatic heterocycles. The summed E-state index contributed by atoms with van der Waals surface area (Å²) in [6.07, 6.45) is 2.87. The highest BCUT2D eigenvalue weighted by Gasteiger charge is 2.07. The van der Waals surface area contributed by atoms with Crippen molar-refractivity contribution in [1.82, 2.24) is 16.0 Å². The van der Waals surface area contributed by atoms with Gasteiger partial charge in [-0.25, -0.2) is 4.39 Å². The van der Waals surface area contributed by atoms with Crippen molar-refractivity contribution in [2.75, 3.05) is 26.7 Å². The van der Waals surface area contributed by atoms with E-state index in [4.69, 9.17) is 4.42 Å². The van der Waals surface area contributed by atoms with Crippen LogP contribution in [-0.2, 0) is 6.42 Å². The number of halogens is 3. The van der Waals surface area contributed by atoms with Gasteiger partial charge in [-0.2, -0.15) is 0 Å². The number of hydrogen-bond acceptors (Lipinski definition) is 3. The van der Waals surface area contributed by atoms with Gasteiger partial charge in [-0.05, 0) is 42.7 Å². The molecule has 0 aliphatic rings. The lowest BCUT2D eigenvalue weighted by atomic mass is 10.1. The maximum atomic E-state index is 13.7. The van der Waals surface area contributed by atoms with Crippen molar-refractivity contribution in [3.05, 3.63) is 58.2 Å². The third kappa shape index (κ3) is 8.29. The smallest absolute Gasteiger partial charge is 0.287 e. The lowest BCUT2D eigenvalue weighted by molar-refractivity contribution is 0.0926. The van der Waals surface area contributed by atoms with Crippen LogP contribution in [0.1, 0.15) is 22.5 Å². The monoisotopic (exact) mass is 552 g/mol. The summed E-state index contributed by atoms with van der Waals surface area (Å²) < 4.78 is 19.5. The predicted molar refractivity (Wildman–Crippen MR) is 118 cm³/mol. The topological polar surface area (TPSA) is 78.7 Å². The van der Waals surface area contributed by atoms with Crippen LogP contribution in [0, 0.1) is 5.82 Å². The Bertz CT molecular complexity index is 741. The van der Waals surface area contributed by atoms with Crippen molar-refractivity contribution in [2.45, 2.75) is 12.8 Å². The summed E-state index contributed by atoms with van der Waals surface area (Å²) in [5.74, 6) is 0.464. The number of carbonyl (C=O) groups is 1. The third-order valence-electron chi connectivity index (χ3n) is 3.60. The summed E-state index contributed by atoms with van der Waals surface area (Å²) in [4.78, 5) is 15.8. The fourth-order valence-electron chi connectivity index (χ4n) is 2.28. The molecule has 1 heterocycles. The number of aliphatic imine (C=N–C) groups is 1. The molecule has 3 N–H and O–H groups in total. The first-order chi connectivity index (χ1) is 12.6. The molecule has 0 saturated carbocycles. The Morgan fingerprint density at radius 3 is 2.59 bits per heavy atom. The summed E-state index contributed by atoms with van der Waals surface area (Å²) >= 11 is 3.25. The van der Waals surface area contributed by atoms with E-state index in [0.717, 1.165) is 10.9 Å². The average Bonchev–Trinajstić information content (AvgIpc) is 3.16. The number of guanidine groups is 1. The van der Waals surface area contributed by atoms with Crippen LogP contribution in [0.4, 0.5) is 4.39 Å². The fourth-order valence-corrected chi connectivity index (χ4v) is 2.62. The van der Waals surface area contributed by atoms with Crippen LogP contribution in [0.3, 0.4) is 0 Å². The minimum Gasteiger partial charge on any atom is -0.459 e. The summed E-state index contributed by atoms with van der Waals surface area (Å²) in [6, 6.07) is 8.37. The zero-order chi connectivity index (χ0) is 18.8. The molecule has 0 fully saturated rings. The molecule has 27 heavy (non-hydrogen) atoms. The summed E-state index contributed by atoms with van der Waals surface area (Å²) in [5.41, 5.74) is 0.693. The number of nitrogens with one attached hydrogen (secondary N) is 3. The number of hydrogen-bond donors (Lipinski definition) is 3.